The van der Waals surface area contributed by atoms with Crippen LogP contribution in [-0.2, 0) is 4.79 Å². The van der Waals surface area contributed by atoms with E-state index in [2.05, 4.69) is 15.3 Å². The first-order valence-corrected chi connectivity index (χ1v) is 9.06. The summed E-state index contributed by atoms with van der Waals surface area (Å²) < 4.78 is 5.55. The molecule has 0 aliphatic carbocycles. The van der Waals surface area contributed by atoms with E-state index in [0.717, 1.165) is 22.3 Å². The number of aromatic nitrogens is 2. The van der Waals surface area contributed by atoms with Gasteiger partial charge in [0, 0.05) is 16.3 Å². The lowest BCUT2D eigenvalue weighted by atomic mass is 10.1. The maximum absolute atomic E-state index is 12.0. The minimum atomic E-state index is -0.244. The number of nitrogens with one attached hydrogen (secondary N) is 1. The molecule has 0 unspecified atom stereocenters. The number of halogens is 1. The van der Waals surface area contributed by atoms with Gasteiger partial charge in [0.2, 0.25) is 0 Å². The lowest BCUT2D eigenvalue weighted by Crippen LogP contribution is -2.20. The molecule has 1 heterocycles. The van der Waals surface area contributed by atoms with Crippen molar-refractivity contribution in [2.75, 3.05) is 11.9 Å². The molecule has 6 heteroatoms. The van der Waals surface area contributed by atoms with Crippen LogP contribution in [-0.4, -0.2) is 22.5 Å². The van der Waals surface area contributed by atoms with Crippen molar-refractivity contribution in [3.63, 3.8) is 0 Å². The van der Waals surface area contributed by atoms with Crippen molar-refractivity contribution in [1.82, 2.24) is 9.97 Å². The maximum atomic E-state index is 12.0. The van der Waals surface area contributed by atoms with Crippen molar-refractivity contribution in [2.24, 2.45) is 0 Å². The number of rotatable bonds is 5. The van der Waals surface area contributed by atoms with E-state index in [0.29, 0.717) is 16.5 Å². The van der Waals surface area contributed by atoms with E-state index < -0.39 is 0 Å². The Balaban J connectivity index is 1.38. The Labute approximate surface area is 167 Å². The number of hydrogen-bond donors (Lipinski definition) is 1. The maximum Gasteiger partial charge on any atom is 0.262 e. The van der Waals surface area contributed by atoms with Crippen LogP contribution in [0.25, 0.3) is 22.3 Å². The normalized spacial score (nSPS) is 10.6. The highest BCUT2D eigenvalue weighted by Gasteiger charge is 2.06. The quantitative estimate of drug-likeness (QED) is 0.523. The van der Waals surface area contributed by atoms with Gasteiger partial charge in [-0.1, -0.05) is 23.7 Å². The molecule has 0 bridgehead atoms. The van der Waals surface area contributed by atoms with Crippen molar-refractivity contribution in [3.05, 3.63) is 84.0 Å². The number of benzene rings is 3. The van der Waals surface area contributed by atoms with Gasteiger partial charge in [0.05, 0.1) is 22.9 Å². The van der Waals surface area contributed by atoms with Crippen LogP contribution in [0.3, 0.4) is 0 Å². The number of carbonyl (C=O) groups excluding carboxylic acids is 1. The summed E-state index contributed by atoms with van der Waals surface area (Å²) in [6.07, 6.45) is 1.75. The van der Waals surface area contributed by atoms with E-state index in [1.807, 2.05) is 48.5 Å². The van der Waals surface area contributed by atoms with Gasteiger partial charge in [0.25, 0.3) is 5.91 Å². The van der Waals surface area contributed by atoms with Crippen LogP contribution < -0.4 is 10.1 Å². The van der Waals surface area contributed by atoms with Gasteiger partial charge in [0.1, 0.15) is 5.75 Å². The predicted molar refractivity (Wildman–Crippen MR) is 111 cm³/mol. The summed E-state index contributed by atoms with van der Waals surface area (Å²) in [4.78, 5) is 21.1. The van der Waals surface area contributed by atoms with E-state index in [9.17, 15) is 4.79 Å². The average molecular weight is 390 g/mol. The third-order valence-corrected chi connectivity index (χ3v) is 4.35. The van der Waals surface area contributed by atoms with Crippen molar-refractivity contribution in [2.45, 2.75) is 0 Å². The number of amides is 1. The molecule has 0 aliphatic rings. The minimum absolute atomic E-state index is 0.0856. The van der Waals surface area contributed by atoms with Gasteiger partial charge < -0.3 is 10.1 Å². The standard InChI is InChI=1S/C22H16ClN3O2/c23-16-7-9-17(10-8-16)25-22(27)14-28-18-11-5-15(6-12-18)21-13-24-19-3-1-2-4-20(19)26-21/h1-13H,14H2,(H,25,27). The lowest BCUT2D eigenvalue weighted by molar-refractivity contribution is -0.118. The van der Waals surface area contributed by atoms with Crippen LogP contribution in [0.1, 0.15) is 0 Å². The summed E-state index contributed by atoms with van der Waals surface area (Å²) in [7, 11) is 0. The summed E-state index contributed by atoms with van der Waals surface area (Å²) >= 11 is 5.83. The second kappa shape index (κ2) is 8.06. The Morgan fingerprint density at radius 2 is 1.64 bits per heavy atom. The Hall–Kier alpha value is -3.44. The van der Waals surface area contributed by atoms with Crippen molar-refractivity contribution >= 4 is 34.2 Å². The number of ether oxygens (including phenoxy) is 1. The number of fused-ring (bicyclic) bond motifs is 1. The molecule has 4 rings (SSSR count). The molecule has 3 aromatic carbocycles. The Morgan fingerprint density at radius 3 is 2.39 bits per heavy atom. The predicted octanol–water partition coefficient (Wildman–Crippen LogP) is 4.97. The number of para-hydroxylation sites is 2. The molecule has 0 saturated heterocycles. The van der Waals surface area contributed by atoms with Gasteiger partial charge in [-0.05, 0) is 60.7 Å². The molecular formula is C22H16ClN3O2. The van der Waals surface area contributed by atoms with E-state index in [1.54, 1.807) is 30.5 Å². The molecule has 1 aromatic heterocycles. The summed E-state index contributed by atoms with van der Waals surface area (Å²) in [5.74, 6) is 0.357. The highest BCUT2D eigenvalue weighted by molar-refractivity contribution is 6.30. The topological polar surface area (TPSA) is 64.1 Å². The smallest absolute Gasteiger partial charge is 0.262 e. The first-order valence-electron chi connectivity index (χ1n) is 8.68. The zero-order valence-corrected chi connectivity index (χ0v) is 15.6. The first-order chi connectivity index (χ1) is 13.7. The molecule has 1 amide bonds. The Morgan fingerprint density at radius 1 is 0.929 bits per heavy atom. The lowest BCUT2D eigenvalue weighted by Gasteiger charge is -2.08. The molecular weight excluding hydrogens is 374 g/mol. The van der Waals surface area contributed by atoms with Crippen molar-refractivity contribution in [1.29, 1.82) is 0 Å². The number of carbonyl (C=O) groups is 1. The van der Waals surface area contributed by atoms with Crippen molar-refractivity contribution < 1.29 is 9.53 Å². The average Bonchev–Trinajstić information content (AvgIpc) is 2.74. The molecule has 4 aromatic rings. The van der Waals surface area contributed by atoms with Crippen LogP contribution in [0.15, 0.2) is 79.0 Å². The summed E-state index contributed by atoms with van der Waals surface area (Å²) in [6.45, 7) is -0.0856. The van der Waals surface area contributed by atoms with E-state index in [1.165, 1.54) is 0 Å². The third-order valence-electron chi connectivity index (χ3n) is 4.10. The molecule has 0 spiro atoms. The van der Waals surface area contributed by atoms with Crippen molar-refractivity contribution in [3.8, 4) is 17.0 Å². The van der Waals surface area contributed by atoms with Gasteiger partial charge in [-0.3, -0.25) is 9.78 Å². The van der Waals surface area contributed by atoms with Crippen LogP contribution in [0.5, 0.6) is 5.75 Å². The summed E-state index contributed by atoms with van der Waals surface area (Å²) in [5.41, 5.74) is 4.09. The monoisotopic (exact) mass is 389 g/mol. The molecule has 1 N–H and O–H groups in total. The van der Waals surface area contributed by atoms with E-state index in [4.69, 9.17) is 16.3 Å². The molecule has 0 saturated carbocycles. The number of nitrogens with zero attached hydrogens (tertiary/aromatic N) is 2. The third kappa shape index (κ3) is 4.27. The highest BCUT2D eigenvalue weighted by Crippen LogP contribution is 2.22. The Kier molecular flexibility index (Phi) is 5.17. The van der Waals surface area contributed by atoms with Gasteiger partial charge in [-0.15, -0.1) is 0 Å². The molecule has 0 fully saturated rings. The SMILES string of the molecule is O=C(COc1ccc(-c2cnc3ccccc3n2)cc1)Nc1ccc(Cl)cc1. The largest absolute Gasteiger partial charge is 0.484 e. The summed E-state index contributed by atoms with van der Waals surface area (Å²) in [6, 6.07) is 22.0. The molecule has 28 heavy (non-hydrogen) atoms. The second-order valence-electron chi connectivity index (χ2n) is 6.11. The molecule has 5 nitrogen and oxygen atoms in total. The Bertz CT molecular complexity index is 1110. The zero-order chi connectivity index (χ0) is 19.3. The van der Waals surface area contributed by atoms with E-state index >= 15 is 0 Å². The van der Waals surface area contributed by atoms with Crippen LogP contribution >= 0.6 is 11.6 Å². The van der Waals surface area contributed by atoms with Crippen LogP contribution in [0.2, 0.25) is 5.02 Å². The number of anilines is 1. The fraction of sp³-hybridized carbons (Fsp3) is 0.0455. The fourth-order valence-electron chi connectivity index (χ4n) is 2.70. The van der Waals surface area contributed by atoms with Gasteiger partial charge in [-0.25, -0.2) is 4.98 Å². The van der Waals surface area contributed by atoms with Gasteiger partial charge >= 0.3 is 0 Å². The molecule has 138 valence electrons. The van der Waals surface area contributed by atoms with Crippen LogP contribution in [0.4, 0.5) is 5.69 Å². The van der Waals surface area contributed by atoms with Gasteiger partial charge in [-0.2, -0.15) is 0 Å². The second-order valence-corrected chi connectivity index (χ2v) is 6.55. The summed E-state index contributed by atoms with van der Waals surface area (Å²) in [5, 5.41) is 3.37. The minimum Gasteiger partial charge on any atom is -0.484 e. The zero-order valence-electron chi connectivity index (χ0n) is 14.8. The van der Waals surface area contributed by atoms with Crippen LogP contribution in [0, 0.1) is 0 Å². The first kappa shape index (κ1) is 17.9. The molecule has 0 atom stereocenters. The number of hydrogen-bond acceptors (Lipinski definition) is 4. The molecule has 0 aliphatic heterocycles. The van der Waals surface area contributed by atoms with Gasteiger partial charge in [0.15, 0.2) is 6.61 Å². The molecule has 0 radical (unpaired) electrons. The fourth-order valence-corrected chi connectivity index (χ4v) is 2.82. The van der Waals surface area contributed by atoms with E-state index in [-0.39, 0.29) is 12.5 Å². The highest BCUT2D eigenvalue weighted by atomic mass is 35.5.